The second kappa shape index (κ2) is 9.18. The number of rotatable bonds is 6. The van der Waals surface area contributed by atoms with E-state index < -0.39 is 30.7 Å². The van der Waals surface area contributed by atoms with Crippen molar-refractivity contribution in [2.75, 3.05) is 24.3 Å². The van der Waals surface area contributed by atoms with E-state index in [-0.39, 0.29) is 47.3 Å². The highest BCUT2D eigenvalue weighted by atomic mass is 19.4. The summed E-state index contributed by atoms with van der Waals surface area (Å²) in [6.07, 6.45) is -3.66. The van der Waals surface area contributed by atoms with Crippen LogP contribution in [0.4, 0.5) is 33.7 Å². The van der Waals surface area contributed by atoms with Gasteiger partial charge in [0.2, 0.25) is 5.88 Å². The molecule has 1 aliphatic heterocycles. The Kier molecular flexibility index (Phi) is 5.29. The molecule has 1 unspecified atom stereocenters. The van der Waals surface area contributed by atoms with Crippen LogP contribution in [0.5, 0.6) is 17.4 Å². The van der Waals surface area contributed by atoms with E-state index in [1.807, 2.05) is 0 Å². The molecule has 1 aromatic heterocycles. The van der Waals surface area contributed by atoms with Gasteiger partial charge in [-0.25, -0.2) is 14.2 Å². The number of ether oxygens (including phenoxy) is 3. The lowest BCUT2D eigenvalue weighted by Gasteiger charge is -2.43. The lowest BCUT2D eigenvalue weighted by atomic mass is 9.85. The van der Waals surface area contributed by atoms with E-state index in [4.69, 9.17) is 13.6 Å². The van der Waals surface area contributed by atoms with Crippen molar-refractivity contribution in [1.29, 1.82) is 0 Å². The van der Waals surface area contributed by atoms with Gasteiger partial charge >= 0.3 is 12.2 Å². The highest BCUT2D eigenvalue weighted by Crippen LogP contribution is 2.53. The molecule has 2 aromatic carbocycles. The number of alkyl halides is 3. The van der Waals surface area contributed by atoms with Crippen molar-refractivity contribution in [3.63, 3.8) is 0 Å². The van der Waals surface area contributed by atoms with Gasteiger partial charge in [0, 0.05) is 24.2 Å². The van der Waals surface area contributed by atoms with Gasteiger partial charge in [-0.3, -0.25) is 0 Å². The number of pyridine rings is 1. The largest absolute Gasteiger partial charge is 0.497 e. The van der Waals surface area contributed by atoms with Crippen LogP contribution < -0.4 is 20.1 Å². The van der Waals surface area contributed by atoms with E-state index in [0.29, 0.717) is 0 Å². The minimum absolute atomic E-state index is 0.0202. The second-order valence-electron chi connectivity index (χ2n) is 7.20. The number of methoxy groups -OCH3 is 1. The number of carbonyl (C=O) groups is 1. The summed E-state index contributed by atoms with van der Waals surface area (Å²) in [5.74, 6) is -1.62. The average molecular weight is 480 g/mol. The van der Waals surface area contributed by atoms with E-state index in [9.17, 15) is 22.4 Å². The maximum atomic E-state index is 14.3. The van der Waals surface area contributed by atoms with E-state index in [2.05, 4.69) is 20.4 Å². The summed E-state index contributed by atoms with van der Waals surface area (Å²) in [4.78, 5) is 16.5. The fraction of sp³-hybridized carbons (Fsp3) is 0.217. The molecule has 4 rings (SSSR count). The molecular formula is C23H19F4N3O4. The number of amides is 2. The Morgan fingerprint density at radius 3 is 2.59 bits per heavy atom. The molecule has 2 amide bonds. The molecule has 0 radical (unpaired) electrons. The summed E-state index contributed by atoms with van der Waals surface area (Å²) in [6.45, 7) is -0.0652. The quantitative estimate of drug-likeness (QED) is 0.433. The molecular weight excluding hydrogens is 458 g/mol. The predicted octanol–water partition coefficient (Wildman–Crippen LogP) is 5.84. The molecule has 0 aliphatic carbocycles. The molecule has 1 aliphatic rings. The van der Waals surface area contributed by atoms with Crippen LogP contribution in [0.2, 0.25) is 0 Å². The summed E-state index contributed by atoms with van der Waals surface area (Å²) < 4.78 is 92.2. The first-order valence-electron chi connectivity index (χ1n) is 11.4. The third-order valence-corrected chi connectivity index (χ3v) is 5.12. The molecule has 0 spiro atoms. The number of hydrogen-bond donors (Lipinski definition) is 2. The highest BCUT2D eigenvalue weighted by Gasteiger charge is 2.62. The predicted molar refractivity (Wildman–Crippen MR) is 115 cm³/mol. The third-order valence-electron chi connectivity index (χ3n) is 5.12. The molecule has 34 heavy (non-hydrogen) atoms. The van der Waals surface area contributed by atoms with Gasteiger partial charge < -0.3 is 24.8 Å². The summed E-state index contributed by atoms with van der Waals surface area (Å²) in [6, 6.07) is 10.4. The Morgan fingerprint density at radius 2 is 1.91 bits per heavy atom. The van der Waals surface area contributed by atoms with Crippen LogP contribution in [0.25, 0.3) is 0 Å². The summed E-state index contributed by atoms with van der Waals surface area (Å²) in [5.41, 5.74) is -3.07. The molecule has 2 heterocycles. The van der Waals surface area contributed by atoms with Crippen LogP contribution in [0.3, 0.4) is 0 Å². The third kappa shape index (κ3) is 4.46. The van der Waals surface area contributed by atoms with Gasteiger partial charge in [-0.2, -0.15) is 13.2 Å². The van der Waals surface area contributed by atoms with Crippen molar-refractivity contribution in [2.24, 2.45) is 0 Å². The van der Waals surface area contributed by atoms with Gasteiger partial charge in [0.25, 0.3) is 0 Å². The van der Waals surface area contributed by atoms with Gasteiger partial charge in [0.15, 0.2) is 5.60 Å². The molecule has 1 fully saturated rings. The number of para-hydroxylation sites is 1. The highest BCUT2D eigenvalue weighted by molar-refractivity contribution is 6.00. The normalized spacial score (nSPS) is 19.1. The van der Waals surface area contributed by atoms with Crippen molar-refractivity contribution < 1.29 is 40.7 Å². The van der Waals surface area contributed by atoms with E-state index >= 15 is 0 Å². The second-order valence-corrected chi connectivity index (χ2v) is 7.20. The van der Waals surface area contributed by atoms with E-state index in [0.717, 1.165) is 18.2 Å². The van der Waals surface area contributed by atoms with Crippen LogP contribution in [0.15, 0.2) is 60.8 Å². The maximum Gasteiger partial charge on any atom is 0.421 e. The minimum atomic E-state index is -4.69. The van der Waals surface area contributed by atoms with Crippen LogP contribution in [-0.2, 0) is 10.3 Å². The van der Waals surface area contributed by atoms with Gasteiger partial charge in [0.1, 0.15) is 23.0 Å². The zero-order valence-corrected chi connectivity index (χ0v) is 17.3. The lowest BCUT2D eigenvalue weighted by Crippen LogP contribution is -2.52. The number of nitrogens with zero attached hydrogens (tertiary/aromatic N) is 1. The molecule has 1 saturated heterocycles. The van der Waals surface area contributed by atoms with E-state index in [1.165, 1.54) is 42.6 Å². The smallest absolute Gasteiger partial charge is 0.421 e. The summed E-state index contributed by atoms with van der Waals surface area (Å²) >= 11 is 0. The first-order valence-corrected chi connectivity index (χ1v) is 9.88. The molecule has 0 bridgehead atoms. The summed E-state index contributed by atoms with van der Waals surface area (Å²) in [7, 11) is -2.78. The first-order chi connectivity index (χ1) is 17.4. The van der Waals surface area contributed by atoms with Crippen molar-refractivity contribution in [3.05, 3.63) is 72.2 Å². The fourth-order valence-corrected chi connectivity index (χ4v) is 3.39. The zero-order chi connectivity index (χ0) is 26.8. The zero-order valence-electron chi connectivity index (χ0n) is 20.3. The Hall–Kier alpha value is -3.86. The number of halogens is 4. The molecule has 11 heteroatoms. The number of urea groups is 1. The Bertz CT molecular complexity index is 1300. The molecule has 7 nitrogen and oxygen atoms in total. The number of benzene rings is 2. The number of hydrogen-bond acceptors (Lipinski definition) is 5. The average Bonchev–Trinajstić information content (AvgIpc) is 2.75. The van der Waals surface area contributed by atoms with Crippen molar-refractivity contribution in [1.82, 2.24) is 4.98 Å². The number of carbonyl (C=O) groups excluding carboxylic acids is 1. The fourth-order valence-electron chi connectivity index (χ4n) is 3.39. The van der Waals surface area contributed by atoms with Crippen LogP contribution in [-0.4, -0.2) is 30.8 Å². The minimum Gasteiger partial charge on any atom is -0.497 e. The van der Waals surface area contributed by atoms with Gasteiger partial charge in [-0.15, -0.1) is 0 Å². The molecule has 2 N–H and O–H groups in total. The Morgan fingerprint density at radius 1 is 1.15 bits per heavy atom. The number of aromatic nitrogens is 1. The topological polar surface area (TPSA) is 81.7 Å². The monoisotopic (exact) mass is 480 g/mol. The maximum absolute atomic E-state index is 14.3. The van der Waals surface area contributed by atoms with E-state index in [1.54, 1.807) is 0 Å². The Labute approximate surface area is 195 Å². The molecule has 1 atom stereocenters. The van der Waals surface area contributed by atoms with Crippen LogP contribution in [0.1, 0.15) is 16.1 Å². The van der Waals surface area contributed by atoms with Gasteiger partial charge in [-0.1, -0.05) is 18.2 Å². The van der Waals surface area contributed by atoms with Crippen molar-refractivity contribution in [2.45, 2.75) is 18.2 Å². The van der Waals surface area contributed by atoms with Crippen molar-refractivity contribution in [3.8, 4) is 17.4 Å². The SMILES string of the molecule is [2H]C([2H])([2H])Oc1ccc(NC(=O)Nc2cccnc2Oc2ccccc2C2(C(F)(F)F)CCO2)c(F)c1. The lowest BCUT2D eigenvalue weighted by molar-refractivity contribution is -0.333. The Balaban J connectivity index is 1.52. The number of anilines is 2. The van der Waals surface area contributed by atoms with Crippen LogP contribution >= 0.6 is 0 Å². The summed E-state index contributed by atoms with van der Waals surface area (Å²) in [5, 5.41) is 4.64. The van der Waals surface area contributed by atoms with Gasteiger partial charge in [-0.05, 0) is 30.3 Å². The van der Waals surface area contributed by atoms with Crippen molar-refractivity contribution >= 4 is 17.4 Å². The first kappa shape index (κ1) is 19.6. The van der Waals surface area contributed by atoms with Crippen LogP contribution in [0, 0.1) is 5.82 Å². The molecule has 3 aromatic rings. The molecule has 0 saturated carbocycles. The standard InChI is InChI=1S/C23H19F4N3O4/c1-32-14-8-9-17(16(24)13-14)29-21(31)30-18-6-4-11-28-20(18)34-19-7-3-2-5-15(19)22(10-12-33-22)23(25,26)27/h2-9,11,13H,10,12H2,1H3,(H2,29,30,31)/i1D3. The number of nitrogens with one attached hydrogen (secondary N) is 2. The molecule has 178 valence electrons. The van der Waals surface area contributed by atoms with Gasteiger partial charge in [0.05, 0.1) is 23.4 Å².